The summed E-state index contributed by atoms with van der Waals surface area (Å²) in [6, 6.07) is 3.75. The Balaban J connectivity index is 1.51. The molecule has 150 valence electrons. The highest BCUT2D eigenvalue weighted by Gasteiger charge is 2.55. The van der Waals surface area contributed by atoms with E-state index < -0.39 is 17.0 Å². The molecule has 0 amide bonds. The molecule has 7 heteroatoms. The number of rotatable bonds is 6. The highest BCUT2D eigenvalue weighted by Crippen LogP contribution is 2.60. The molecule has 0 unspecified atom stereocenters. The zero-order chi connectivity index (χ0) is 20.1. The summed E-state index contributed by atoms with van der Waals surface area (Å²) in [7, 11) is 1.38. The predicted molar refractivity (Wildman–Crippen MR) is 100 cm³/mol. The van der Waals surface area contributed by atoms with Gasteiger partial charge >= 0.3 is 5.97 Å². The van der Waals surface area contributed by atoms with E-state index in [1.165, 1.54) is 38.5 Å². The minimum atomic E-state index is -0.882. The van der Waals surface area contributed by atoms with Crippen molar-refractivity contribution in [1.29, 1.82) is 0 Å². The van der Waals surface area contributed by atoms with Crippen LogP contribution in [0.1, 0.15) is 55.8 Å². The lowest BCUT2D eigenvalue weighted by atomic mass is 9.48. The van der Waals surface area contributed by atoms with E-state index in [4.69, 9.17) is 9.47 Å². The Hall–Kier alpha value is -2.44. The molecule has 0 radical (unpaired) electrons. The van der Waals surface area contributed by atoms with Crippen LogP contribution in [0.25, 0.3) is 0 Å². The number of carbonyl (C=O) groups excluding carboxylic acids is 2. The average Bonchev–Trinajstić information content (AvgIpc) is 2.65. The van der Waals surface area contributed by atoms with Crippen molar-refractivity contribution in [2.45, 2.75) is 51.6 Å². The second kappa shape index (κ2) is 6.87. The lowest BCUT2D eigenvalue weighted by Crippen LogP contribution is -2.52. The fourth-order valence-corrected chi connectivity index (χ4v) is 6.09. The molecule has 7 nitrogen and oxygen atoms in total. The number of carbonyl (C=O) groups is 2. The molecule has 28 heavy (non-hydrogen) atoms. The number of benzene rings is 1. The molecule has 5 rings (SSSR count). The van der Waals surface area contributed by atoms with E-state index in [1.54, 1.807) is 6.92 Å². The van der Waals surface area contributed by atoms with Gasteiger partial charge in [0.25, 0.3) is 5.69 Å². The molecule has 4 fully saturated rings. The number of hydrogen-bond donors (Lipinski definition) is 0. The van der Waals surface area contributed by atoms with E-state index in [0.29, 0.717) is 17.8 Å². The van der Waals surface area contributed by atoms with Crippen LogP contribution in [0.15, 0.2) is 18.2 Å². The standard InChI is InChI=1S/C21H25NO6/c1-12(19(23)21-9-13-5-14(10-21)7-15(6-13)11-21)28-20(24)17-8-16(22(25)26)3-4-18(17)27-2/h3-4,8,12-15H,5-7,9-11H2,1-2H3/t12-,13?,14?,15?,21?/m0/s1. The maximum Gasteiger partial charge on any atom is 0.342 e. The van der Waals surface area contributed by atoms with Crippen LogP contribution in [0.2, 0.25) is 0 Å². The van der Waals surface area contributed by atoms with E-state index in [0.717, 1.165) is 25.3 Å². The van der Waals surface area contributed by atoms with Crippen LogP contribution >= 0.6 is 0 Å². The molecular weight excluding hydrogens is 362 g/mol. The largest absolute Gasteiger partial charge is 0.496 e. The summed E-state index contributed by atoms with van der Waals surface area (Å²) in [5, 5.41) is 11.0. The smallest absolute Gasteiger partial charge is 0.342 e. The van der Waals surface area contributed by atoms with Gasteiger partial charge in [0, 0.05) is 17.5 Å². The van der Waals surface area contributed by atoms with Crippen molar-refractivity contribution in [1.82, 2.24) is 0 Å². The minimum absolute atomic E-state index is 0.00403. The fourth-order valence-electron chi connectivity index (χ4n) is 6.09. The Morgan fingerprint density at radius 3 is 2.21 bits per heavy atom. The topological polar surface area (TPSA) is 95.7 Å². The Bertz CT molecular complexity index is 797. The van der Waals surface area contributed by atoms with Crippen molar-refractivity contribution < 1.29 is 24.0 Å². The van der Waals surface area contributed by atoms with Crippen LogP contribution in [0.4, 0.5) is 5.69 Å². The minimum Gasteiger partial charge on any atom is -0.496 e. The summed E-state index contributed by atoms with van der Waals surface area (Å²) >= 11 is 0. The number of methoxy groups -OCH3 is 1. The van der Waals surface area contributed by atoms with E-state index >= 15 is 0 Å². The van der Waals surface area contributed by atoms with Crippen molar-refractivity contribution in [3.8, 4) is 5.75 Å². The van der Waals surface area contributed by atoms with Crippen LogP contribution in [0.5, 0.6) is 5.75 Å². The average molecular weight is 387 g/mol. The summed E-state index contributed by atoms with van der Waals surface area (Å²) < 4.78 is 10.6. The molecule has 0 saturated heterocycles. The second-order valence-electron chi connectivity index (χ2n) is 8.75. The van der Waals surface area contributed by atoms with Gasteiger partial charge in [-0.1, -0.05) is 0 Å². The summed E-state index contributed by atoms with van der Waals surface area (Å²) in [6.45, 7) is 1.61. The molecule has 1 aromatic carbocycles. The zero-order valence-corrected chi connectivity index (χ0v) is 16.2. The number of hydrogen-bond acceptors (Lipinski definition) is 6. The number of ketones is 1. The molecule has 1 aromatic rings. The molecule has 4 aliphatic rings. The second-order valence-corrected chi connectivity index (χ2v) is 8.75. The quantitative estimate of drug-likeness (QED) is 0.417. The number of Topliss-reactive ketones (excluding diaryl/α,β-unsaturated/α-hetero) is 1. The van der Waals surface area contributed by atoms with E-state index in [-0.39, 0.29) is 28.2 Å². The van der Waals surface area contributed by atoms with Gasteiger partial charge in [-0.2, -0.15) is 0 Å². The third-order valence-corrected chi connectivity index (χ3v) is 6.83. The lowest BCUT2D eigenvalue weighted by Gasteiger charge is -2.56. The van der Waals surface area contributed by atoms with Gasteiger partial charge in [-0.3, -0.25) is 14.9 Å². The highest BCUT2D eigenvalue weighted by atomic mass is 16.6. The number of ether oxygens (including phenoxy) is 2. The highest BCUT2D eigenvalue weighted by molar-refractivity contribution is 5.97. The van der Waals surface area contributed by atoms with Crippen LogP contribution < -0.4 is 4.74 Å². The summed E-state index contributed by atoms with van der Waals surface area (Å²) in [6.07, 6.45) is 5.51. The summed E-state index contributed by atoms with van der Waals surface area (Å²) in [5.41, 5.74) is -0.629. The third kappa shape index (κ3) is 3.16. The maximum absolute atomic E-state index is 13.3. The van der Waals surface area contributed by atoms with Gasteiger partial charge in [-0.05, 0) is 69.3 Å². The van der Waals surface area contributed by atoms with Crippen LogP contribution in [0, 0.1) is 33.3 Å². The van der Waals surface area contributed by atoms with Crippen molar-refractivity contribution in [3.05, 3.63) is 33.9 Å². The molecule has 4 aliphatic carbocycles. The Morgan fingerprint density at radius 1 is 1.14 bits per heavy atom. The Morgan fingerprint density at radius 2 is 1.71 bits per heavy atom. The molecule has 0 N–H and O–H groups in total. The first-order valence-corrected chi connectivity index (χ1v) is 9.89. The molecule has 4 saturated carbocycles. The van der Waals surface area contributed by atoms with Gasteiger partial charge < -0.3 is 9.47 Å². The van der Waals surface area contributed by atoms with Crippen molar-refractivity contribution in [2.24, 2.45) is 23.2 Å². The summed E-state index contributed by atoms with van der Waals surface area (Å²) in [5.74, 6) is 1.28. The molecule has 0 aliphatic heterocycles. The molecular formula is C21H25NO6. The lowest BCUT2D eigenvalue weighted by molar-refractivity contribution is -0.384. The van der Waals surface area contributed by atoms with Gasteiger partial charge in [-0.15, -0.1) is 0 Å². The monoisotopic (exact) mass is 387 g/mol. The van der Waals surface area contributed by atoms with E-state index in [1.807, 2.05) is 0 Å². The fraction of sp³-hybridized carbons (Fsp3) is 0.619. The first-order chi connectivity index (χ1) is 13.3. The first kappa shape index (κ1) is 18.9. The van der Waals surface area contributed by atoms with E-state index in [9.17, 15) is 19.7 Å². The molecule has 1 atom stereocenters. The Labute approximate surface area is 163 Å². The molecule has 0 aromatic heterocycles. The first-order valence-electron chi connectivity index (χ1n) is 9.89. The maximum atomic E-state index is 13.3. The summed E-state index contributed by atoms with van der Waals surface area (Å²) in [4.78, 5) is 36.4. The number of nitro groups is 1. The van der Waals surface area contributed by atoms with E-state index in [2.05, 4.69) is 0 Å². The van der Waals surface area contributed by atoms with Gasteiger partial charge in [-0.25, -0.2) is 4.79 Å². The predicted octanol–water partition coefficient (Wildman–Crippen LogP) is 3.93. The number of nitrogens with zero attached hydrogens (tertiary/aromatic N) is 1. The van der Waals surface area contributed by atoms with Gasteiger partial charge in [0.2, 0.25) is 0 Å². The molecule has 0 spiro atoms. The van der Waals surface area contributed by atoms with Gasteiger partial charge in [0.05, 0.1) is 12.0 Å². The molecule has 4 bridgehead atoms. The Kier molecular flexibility index (Phi) is 4.63. The van der Waals surface area contributed by atoms with Crippen molar-refractivity contribution in [3.63, 3.8) is 0 Å². The third-order valence-electron chi connectivity index (χ3n) is 6.83. The van der Waals surface area contributed by atoms with Crippen LogP contribution in [0.3, 0.4) is 0 Å². The SMILES string of the molecule is COc1ccc([N+](=O)[O-])cc1C(=O)O[C@@H](C)C(=O)C12CC3CC(CC(C3)C1)C2. The number of non-ortho nitro benzene ring substituents is 1. The van der Waals surface area contributed by atoms with Crippen LogP contribution in [-0.4, -0.2) is 29.9 Å². The number of nitro benzene ring substituents is 1. The van der Waals surface area contributed by atoms with Gasteiger partial charge in [0.15, 0.2) is 11.9 Å². The zero-order valence-electron chi connectivity index (χ0n) is 16.2. The normalized spacial score (nSPS) is 31.3. The van der Waals surface area contributed by atoms with Crippen molar-refractivity contribution >= 4 is 17.4 Å². The molecule has 0 heterocycles. The van der Waals surface area contributed by atoms with Crippen molar-refractivity contribution in [2.75, 3.05) is 7.11 Å². The van der Waals surface area contributed by atoms with Gasteiger partial charge in [0.1, 0.15) is 11.3 Å². The number of esters is 1. The van der Waals surface area contributed by atoms with Crippen LogP contribution in [-0.2, 0) is 9.53 Å².